The molecule has 178 valence electrons. The zero-order valence-electron chi connectivity index (χ0n) is 19.6. The lowest BCUT2D eigenvalue weighted by Gasteiger charge is -2.13. The van der Waals surface area contributed by atoms with Crippen molar-refractivity contribution in [2.24, 2.45) is 7.05 Å². The van der Waals surface area contributed by atoms with Gasteiger partial charge in [0.15, 0.2) is 0 Å². The van der Waals surface area contributed by atoms with Gasteiger partial charge < -0.3 is 19.4 Å². The molecule has 3 aromatic rings. The molecule has 0 spiro atoms. The highest BCUT2D eigenvalue weighted by Crippen LogP contribution is 2.30. The lowest BCUT2D eigenvalue weighted by Crippen LogP contribution is -2.22. The summed E-state index contributed by atoms with van der Waals surface area (Å²) in [7, 11) is 1.28. The van der Waals surface area contributed by atoms with Crippen LogP contribution in [0.1, 0.15) is 26.1 Å². The number of hydrogen-bond donors (Lipinski definition) is 1. The number of ether oxygens (including phenoxy) is 2. The largest absolute Gasteiger partial charge is 0.494 e. The van der Waals surface area contributed by atoms with Crippen LogP contribution in [0.4, 0.5) is 5.69 Å². The van der Waals surface area contributed by atoms with Gasteiger partial charge in [-0.3, -0.25) is 4.79 Å². The summed E-state index contributed by atoms with van der Waals surface area (Å²) in [4.78, 5) is 17.4. The number of hydrogen-bond acceptors (Lipinski definition) is 6. The molecule has 2 aromatic carbocycles. The summed E-state index contributed by atoms with van der Waals surface area (Å²) in [5.41, 5.74) is 1.92. The SMILES string of the molecule is CCOc1ccc(OCC)c(NC(=O)CCc2nc3cc(S(=O)(=O)N(C)C)ccc3n2C)c1. The van der Waals surface area contributed by atoms with Gasteiger partial charge in [0, 0.05) is 40.1 Å². The number of nitrogens with one attached hydrogen (secondary N) is 1. The minimum atomic E-state index is -3.55. The molecule has 1 N–H and O–H groups in total. The van der Waals surface area contributed by atoms with Gasteiger partial charge in [-0.15, -0.1) is 0 Å². The number of carbonyl (C=O) groups is 1. The number of carbonyl (C=O) groups excluding carboxylic acids is 1. The van der Waals surface area contributed by atoms with E-state index in [1.54, 1.807) is 36.4 Å². The van der Waals surface area contributed by atoms with Gasteiger partial charge in [-0.2, -0.15) is 0 Å². The second kappa shape index (κ2) is 10.2. The van der Waals surface area contributed by atoms with Crippen molar-refractivity contribution in [3.8, 4) is 11.5 Å². The summed E-state index contributed by atoms with van der Waals surface area (Å²) < 4.78 is 39.0. The van der Waals surface area contributed by atoms with E-state index in [4.69, 9.17) is 9.47 Å². The molecule has 0 aliphatic heterocycles. The molecule has 0 aliphatic carbocycles. The fraction of sp³-hybridized carbons (Fsp3) is 0.391. The standard InChI is InChI=1S/C23H30N4O5S/c1-6-31-16-8-11-21(32-7-2)19(14-16)25-23(28)13-12-22-24-18-15-17(33(29,30)26(3)4)9-10-20(18)27(22)5/h8-11,14-15H,6-7,12-13H2,1-5H3,(H,25,28). The predicted molar refractivity (Wildman–Crippen MR) is 127 cm³/mol. The number of aromatic nitrogens is 2. The van der Waals surface area contributed by atoms with E-state index in [0.29, 0.717) is 48.2 Å². The molecular formula is C23H30N4O5S. The van der Waals surface area contributed by atoms with E-state index in [1.807, 2.05) is 25.5 Å². The number of anilines is 1. The zero-order chi connectivity index (χ0) is 24.2. The van der Waals surface area contributed by atoms with Crippen LogP contribution in [0.5, 0.6) is 11.5 Å². The third-order valence-corrected chi connectivity index (χ3v) is 6.95. The molecule has 0 unspecified atom stereocenters. The van der Waals surface area contributed by atoms with Crippen LogP contribution in [0.15, 0.2) is 41.3 Å². The molecule has 9 nitrogen and oxygen atoms in total. The van der Waals surface area contributed by atoms with Gasteiger partial charge in [0.1, 0.15) is 17.3 Å². The molecule has 3 rings (SSSR count). The number of aryl methyl sites for hydroxylation is 2. The lowest BCUT2D eigenvalue weighted by atomic mass is 10.2. The highest BCUT2D eigenvalue weighted by atomic mass is 32.2. The molecule has 1 amide bonds. The molecule has 1 aromatic heterocycles. The van der Waals surface area contributed by atoms with Crippen molar-refractivity contribution in [2.45, 2.75) is 31.6 Å². The van der Waals surface area contributed by atoms with Crippen LogP contribution in [0.3, 0.4) is 0 Å². The Balaban J connectivity index is 1.76. The molecule has 0 aliphatic rings. The number of imidazole rings is 1. The van der Waals surface area contributed by atoms with Crippen molar-refractivity contribution in [2.75, 3.05) is 32.6 Å². The lowest BCUT2D eigenvalue weighted by molar-refractivity contribution is -0.116. The number of amides is 1. The Bertz CT molecular complexity index is 1250. The van der Waals surface area contributed by atoms with E-state index in [0.717, 1.165) is 5.52 Å². The highest BCUT2D eigenvalue weighted by molar-refractivity contribution is 7.89. The van der Waals surface area contributed by atoms with E-state index in [1.165, 1.54) is 18.4 Å². The minimum absolute atomic E-state index is 0.181. The minimum Gasteiger partial charge on any atom is -0.494 e. The van der Waals surface area contributed by atoms with Crippen molar-refractivity contribution in [3.05, 3.63) is 42.2 Å². The smallest absolute Gasteiger partial charge is 0.242 e. The molecule has 0 fully saturated rings. The van der Waals surface area contributed by atoms with Gasteiger partial charge in [0.25, 0.3) is 0 Å². The van der Waals surface area contributed by atoms with E-state index in [2.05, 4.69) is 10.3 Å². The van der Waals surface area contributed by atoms with Crippen molar-refractivity contribution in [1.29, 1.82) is 0 Å². The maximum atomic E-state index is 12.7. The van der Waals surface area contributed by atoms with E-state index in [9.17, 15) is 13.2 Å². The van der Waals surface area contributed by atoms with Gasteiger partial charge in [0.05, 0.1) is 34.8 Å². The highest BCUT2D eigenvalue weighted by Gasteiger charge is 2.19. The second-order valence-electron chi connectivity index (χ2n) is 7.60. The second-order valence-corrected chi connectivity index (χ2v) is 9.75. The van der Waals surface area contributed by atoms with Crippen LogP contribution < -0.4 is 14.8 Å². The zero-order valence-corrected chi connectivity index (χ0v) is 20.4. The van der Waals surface area contributed by atoms with Gasteiger partial charge in [0.2, 0.25) is 15.9 Å². The molecule has 0 saturated heterocycles. The first-order valence-corrected chi connectivity index (χ1v) is 12.2. The molecule has 0 saturated carbocycles. The molecule has 0 radical (unpaired) electrons. The van der Waals surface area contributed by atoms with Crippen LogP contribution in [-0.2, 0) is 28.3 Å². The van der Waals surface area contributed by atoms with Crippen LogP contribution >= 0.6 is 0 Å². The summed E-state index contributed by atoms with van der Waals surface area (Å²) >= 11 is 0. The van der Waals surface area contributed by atoms with E-state index in [-0.39, 0.29) is 17.2 Å². The predicted octanol–water partition coefficient (Wildman–Crippen LogP) is 3.19. The summed E-state index contributed by atoms with van der Waals surface area (Å²) in [5.74, 6) is 1.72. The molecule has 1 heterocycles. The van der Waals surface area contributed by atoms with Gasteiger partial charge in [-0.05, 0) is 44.2 Å². The summed E-state index contributed by atoms with van der Waals surface area (Å²) in [6.07, 6.45) is 0.590. The third-order valence-electron chi connectivity index (χ3n) is 5.14. The Morgan fingerprint density at radius 2 is 1.82 bits per heavy atom. The molecule has 10 heteroatoms. The number of nitrogens with zero attached hydrogens (tertiary/aromatic N) is 3. The molecule has 33 heavy (non-hydrogen) atoms. The van der Waals surface area contributed by atoms with Crippen LogP contribution in [-0.4, -0.2) is 55.5 Å². The van der Waals surface area contributed by atoms with Crippen LogP contribution in [0.25, 0.3) is 11.0 Å². The summed E-state index contributed by atoms with van der Waals surface area (Å²) in [6.45, 7) is 4.77. The quantitative estimate of drug-likeness (QED) is 0.484. The van der Waals surface area contributed by atoms with Crippen molar-refractivity contribution in [3.63, 3.8) is 0 Å². The Hall–Kier alpha value is -3.11. The fourth-order valence-corrected chi connectivity index (χ4v) is 4.33. The van der Waals surface area contributed by atoms with Crippen LogP contribution in [0.2, 0.25) is 0 Å². The first-order valence-electron chi connectivity index (χ1n) is 10.7. The Labute approximate surface area is 194 Å². The Kier molecular flexibility index (Phi) is 7.60. The van der Waals surface area contributed by atoms with Gasteiger partial charge in [-0.1, -0.05) is 0 Å². The van der Waals surface area contributed by atoms with Crippen molar-refractivity contribution in [1.82, 2.24) is 13.9 Å². The third kappa shape index (κ3) is 5.45. The van der Waals surface area contributed by atoms with Gasteiger partial charge in [-0.25, -0.2) is 17.7 Å². The van der Waals surface area contributed by atoms with Gasteiger partial charge >= 0.3 is 0 Å². The summed E-state index contributed by atoms with van der Waals surface area (Å²) in [6, 6.07) is 10.2. The van der Waals surface area contributed by atoms with E-state index < -0.39 is 10.0 Å². The maximum Gasteiger partial charge on any atom is 0.242 e. The average Bonchev–Trinajstić information content (AvgIpc) is 3.09. The van der Waals surface area contributed by atoms with Crippen molar-refractivity contribution < 1.29 is 22.7 Å². The Morgan fingerprint density at radius 3 is 2.48 bits per heavy atom. The van der Waals surface area contributed by atoms with Crippen LogP contribution in [0, 0.1) is 0 Å². The maximum absolute atomic E-state index is 12.7. The Morgan fingerprint density at radius 1 is 1.09 bits per heavy atom. The number of sulfonamides is 1. The summed E-state index contributed by atoms with van der Waals surface area (Å²) in [5, 5.41) is 2.89. The number of benzene rings is 2. The average molecular weight is 475 g/mol. The van der Waals surface area contributed by atoms with E-state index >= 15 is 0 Å². The monoisotopic (exact) mass is 474 g/mol. The number of rotatable bonds is 10. The fourth-order valence-electron chi connectivity index (χ4n) is 3.41. The topological polar surface area (TPSA) is 103 Å². The first-order chi connectivity index (χ1) is 15.7. The molecular weight excluding hydrogens is 444 g/mol. The first kappa shape index (κ1) is 24.5. The normalized spacial score (nSPS) is 11.7. The number of fused-ring (bicyclic) bond motifs is 1. The molecule has 0 bridgehead atoms. The molecule has 0 atom stereocenters. The van der Waals surface area contributed by atoms with Crippen molar-refractivity contribution >= 4 is 32.7 Å².